The zero-order valence-electron chi connectivity index (χ0n) is 13.0. The van der Waals surface area contributed by atoms with E-state index in [-0.39, 0.29) is 24.2 Å². The summed E-state index contributed by atoms with van der Waals surface area (Å²) in [6.07, 6.45) is 4.71. The lowest BCUT2D eigenvalue weighted by atomic mass is 10.1. The summed E-state index contributed by atoms with van der Waals surface area (Å²) in [6, 6.07) is 6.74. The molecule has 1 heterocycles. The van der Waals surface area contributed by atoms with Crippen LogP contribution in [-0.2, 0) is 9.59 Å². The number of nitrogens with two attached hydrogens (primary N) is 1. The molecule has 1 atom stereocenters. The van der Waals surface area contributed by atoms with Crippen LogP contribution in [0.2, 0.25) is 0 Å². The van der Waals surface area contributed by atoms with Crippen LogP contribution in [0.3, 0.4) is 0 Å². The maximum atomic E-state index is 12.4. The maximum absolute atomic E-state index is 12.4. The Hall–Kier alpha value is -2.37. The number of nitrogens with zero attached hydrogens (tertiary/aromatic N) is 1. The van der Waals surface area contributed by atoms with E-state index in [1.54, 1.807) is 24.3 Å². The molecule has 0 radical (unpaired) electrons. The third kappa shape index (κ3) is 3.36. The summed E-state index contributed by atoms with van der Waals surface area (Å²) < 4.78 is 0. The fraction of sp³-hybridized carbons (Fsp3) is 0.471. The topological polar surface area (TPSA) is 92.5 Å². The van der Waals surface area contributed by atoms with E-state index in [4.69, 9.17) is 5.73 Å². The molecule has 3 N–H and O–H groups in total. The van der Waals surface area contributed by atoms with Gasteiger partial charge in [-0.1, -0.05) is 12.8 Å². The van der Waals surface area contributed by atoms with Crippen LogP contribution >= 0.6 is 0 Å². The first-order valence-corrected chi connectivity index (χ1v) is 8.05. The van der Waals surface area contributed by atoms with Gasteiger partial charge in [0.05, 0.1) is 5.92 Å². The number of hydrogen-bond donors (Lipinski definition) is 2. The molecule has 1 aromatic carbocycles. The largest absolute Gasteiger partial charge is 0.366 e. The van der Waals surface area contributed by atoms with Crippen molar-refractivity contribution in [2.75, 3.05) is 11.9 Å². The predicted molar refractivity (Wildman–Crippen MR) is 85.7 cm³/mol. The number of nitrogens with one attached hydrogen (secondary N) is 1. The monoisotopic (exact) mass is 315 g/mol. The normalized spacial score (nSPS) is 21.7. The highest BCUT2D eigenvalue weighted by Gasteiger charge is 2.38. The van der Waals surface area contributed by atoms with Crippen LogP contribution in [0.4, 0.5) is 5.69 Å². The molecule has 1 saturated carbocycles. The van der Waals surface area contributed by atoms with Crippen molar-refractivity contribution in [2.45, 2.75) is 38.1 Å². The first-order valence-electron chi connectivity index (χ1n) is 8.05. The molecule has 3 amide bonds. The second kappa shape index (κ2) is 6.40. The Labute approximate surface area is 135 Å². The zero-order chi connectivity index (χ0) is 16.4. The minimum Gasteiger partial charge on any atom is -0.366 e. The highest BCUT2D eigenvalue weighted by molar-refractivity contribution is 5.98. The van der Waals surface area contributed by atoms with Crippen molar-refractivity contribution in [1.29, 1.82) is 0 Å². The molecule has 1 saturated heterocycles. The molecule has 2 fully saturated rings. The van der Waals surface area contributed by atoms with Gasteiger partial charge in [-0.2, -0.15) is 0 Å². The van der Waals surface area contributed by atoms with E-state index in [0.29, 0.717) is 23.8 Å². The summed E-state index contributed by atoms with van der Waals surface area (Å²) >= 11 is 0. The molecule has 0 spiro atoms. The van der Waals surface area contributed by atoms with Gasteiger partial charge in [0.1, 0.15) is 0 Å². The number of likely N-dealkylation sites (tertiary alicyclic amines) is 1. The molecule has 122 valence electrons. The van der Waals surface area contributed by atoms with Gasteiger partial charge >= 0.3 is 0 Å². The molecule has 0 aromatic heterocycles. The number of rotatable bonds is 4. The Morgan fingerprint density at radius 2 is 1.78 bits per heavy atom. The summed E-state index contributed by atoms with van der Waals surface area (Å²) in [6.45, 7) is 0.509. The van der Waals surface area contributed by atoms with Crippen LogP contribution in [0.15, 0.2) is 24.3 Å². The molecule has 1 aromatic rings. The molecule has 2 aliphatic rings. The van der Waals surface area contributed by atoms with Crippen molar-refractivity contribution in [2.24, 2.45) is 11.7 Å². The van der Waals surface area contributed by atoms with E-state index in [2.05, 4.69) is 5.32 Å². The van der Waals surface area contributed by atoms with Gasteiger partial charge in [0.15, 0.2) is 0 Å². The lowest BCUT2D eigenvalue weighted by molar-refractivity contribution is -0.129. The van der Waals surface area contributed by atoms with E-state index >= 15 is 0 Å². The SMILES string of the molecule is NC(=O)c1ccc(NC(=O)[C@H]2CC(=O)N(C3CCCC3)C2)cc1. The van der Waals surface area contributed by atoms with E-state index in [1.165, 1.54) is 0 Å². The average molecular weight is 315 g/mol. The van der Waals surface area contributed by atoms with Crippen molar-refractivity contribution < 1.29 is 14.4 Å². The van der Waals surface area contributed by atoms with Crippen LogP contribution < -0.4 is 11.1 Å². The molecule has 23 heavy (non-hydrogen) atoms. The maximum Gasteiger partial charge on any atom is 0.248 e. The minimum atomic E-state index is -0.503. The number of anilines is 1. The van der Waals surface area contributed by atoms with E-state index in [0.717, 1.165) is 25.7 Å². The van der Waals surface area contributed by atoms with E-state index in [9.17, 15) is 14.4 Å². The molecule has 1 aliphatic carbocycles. The molecular weight excluding hydrogens is 294 g/mol. The number of carbonyl (C=O) groups is 3. The molecule has 3 rings (SSSR count). The van der Waals surface area contributed by atoms with Gasteiger partial charge in [0, 0.05) is 30.3 Å². The number of benzene rings is 1. The van der Waals surface area contributed by atoms with Gasteiger partial charge in [-0.05, 0) is 37.1 Å². The quantitative estimate of drug-likeness (QED) is 0.882. The van der Waals surface area contributed by atoms with Crippen LogP contribution in [0.25, 0.3) is 0 Å². The van der Waals surface area contributed by atoms with Crippen molar-refractivity contribution in [3.63, 3.8) is 0 Å². The molecule has 0 bridgehead atoms. The smallest absolute Gasteiger partial charge is 0.248 e. The Morgan fingerprint density at radius 1 is 1.13 bits per heavy atom. The summed E-state index contributed by atoms with van der Waals surface area (Å²) in [4.78, 5) is 37.4. The summed E-state index contributed by atoms with van der Waals surface area (Å²) in [5, 5.41) is 2.81. The average Bonchev–Trinajstić information content (AvgIpc) is 3.16. The van der Waals surface area contributed by atoms with Gasteiger partial charge in [-0.15, -0.1) is 0 Å². The first kappa shape index (κ1) is 15.5. The molecule has 6 heteroatoms. The van der Waals surface area contributed by atoms with Crippen LogP contribution in [-0.4, -0.2) is 35.2 Å². The van der Waals surface area contributed by atoms with Gasteiger partial charge < -0.3 is 16.0 Å². The lowest BCUT2D eigenvalue weighted by Crippen LogP contribution is -2.35. The van der Waals surface area contributed by atoms with Gasteiger partial charge in [0.2, 0.25) is 17.7 Å². The van der Waals surface area contributed by atoms with E-state index in [1.807, 2.05) is 4.90 Å². The standard InChI is InChI=1S/C17H21N3O3/c18-16(22)11-5-7-13(8-6-11)19-17(23)12-9-15(21)20(10-12)14-3-1-2-4-14/h5-8,12,14H,1-4,9-10H2,(H2,18,22)(H,19,23)/t12-/m0/s1. The van der Waals surface area contributed by atoms with Crippen molar-refractivity contribution in [3.8, 4) is 0 Å². The number of amides is 3. The third-order valence-electron chi connectivity index (χ3n) is 4.73. The fourth-order valence-electron chi connectivity index (χ4n) is 3.44. The summed E-state index contributed by atoms with van der Waals surface area (Å²) in [5.74, 6) is -0.873. The molecular formula is C17H21N3O3. The highest BCUT2D eigenvalue weighted by Crippen LogP contribution is 2.29. The Kier molecular flexibility index (Phi) is 4.32. The highest BCUT2D eigenvalue weighted by atomic mass is 16.2. The predicted octanol–water partition coefficient (Wildman–Crippen LogP) is 1.52. The zero-order valence-corrected chi connectivity index (χ0v) is 13.0. The van der Waals surface area contributed by atoms with Crippen molar-refractivity contribution in [3.05, 3.63) is 29.8 Å². The lowest BCUT2D eigenvalue weighted by Gasteiger charge is -2.23. The van der Waals surface area contributed by atoms with Crippen molar-refractivity contribution >= 4 is 23.4 Å². The number of hydrogen-bond acceptors (Lipinski definition) is 3. The number of primary amides is 1. The van der Waals surface area contributed by atoms with Crippen LogP contribution in [0.1, 0.15) is 42.5 Å². The van der Waals surface area contributed by atoms with E-state index < -0.39 is 5.91 Å². The summed E-state index contributed by atoms with van der Waals surface area (Å²) in [5.41, 5.74) is 6.18. The van der Waals surface area contributed by atoms with Gasteiger partial charge in [-0.3, -0.25) is 14.4 Å². The second-order valence-electron chi connectivity index (χ2n) is 6.32. The van der Waals surface area contributed by atoms with Gasteiger partial charge in [0.25, 0.3) is 0 Å². The number of carbonyl (C=O) groups excluding carboxylic acids is 3. The molecule has 0 unspecified atom stereocenters. The molecule has 1 aliphatic heterocycles. The molecule has 6 nitrogen and oxygen atoms in total. The Morgan fingerprint density at radius 3 is 2.39 bits per heavy atom. The third-order valence-corrected chi connectivity index (χ3v) is 4.73. The van der Waals surface area contributed by atoms with Crippen LogP contribution in [0.5, 0.6) is 0 Å². The van der Waals surface area contributed by atoms with Crippen molar-refractivity contribution in [1.82, 2.24) is 4.90 Å². The first-order chi connectivity index (χ1) is 11.0. The van der Waals surface area contributed by atoms with Gasteiger partial charge in [-0.25, -0.2) is 0 Å². The minimum absolute atomic E-state index is 0.0844. The second-order valence-corrected chi connectivity index (χ2v) is 6.32. The summed E-state index contributed by atoms with van der Waals surface area (Å²) in [7, 11) is 0. The Balaban J connectivity index is 1.60. The fourth-order valence-corrected chi connectivity index (χ4v) is 3.44. The Bertz CT molecular complexity index is 620. The van der Waals surface area contributed by atoms with Crippen LogP contribution in [0, 0.1) is 5.92 Å².